The average Bonchev–Trinajstić information content (AvgIpc) is 2.53. The minimum Gasteiger partial charge on any atom is -0.347 e. The first-order valence-corrected chi connectivity index (χ1v) is 7.99. The summed E-state index contributed by atoms with van der Waals surface area (Å²) in [7, 11) is 1.62. The van der Waals surface area contributed by atoms with Gasteiger partial charge < -0.3 is 21.3 Å². The molecule has 1 saturated carbocycles. The minimum absolute atomic E-state index is 0.0515. The Morgan fingerprint density at radius 1 is 1.04 bits per heavy atom. The maximum absolute atomic E-state index is 11.8. The second-order valence-electron chi connectivity index (χ2n) is 5.77. The van der Waals surface area contributed by atoms with E-state index < -0.39 is 23.6 Å². The van der Waals surface area contributed by atoms with Crippen LogP contribution in [-0.2, 0) is 19.2 Å². The van der Waals surface area contributed by atoms with Crippen LogP contribution >= 0.6 is 0 Å². The van der Waals surface area contributed by atoms with E-state index in [1.165, 1.54) is 6.92 Å². The van der Waals surface area contributed by atoms with Gasteiger partial charge in [0, 0.05) is 6.04 Å². The van der Waals surface area contributed by atoms with Crippen molar-refractivity contribution in [3.63, 3.8) is 0 Å². The van der Waals surface area contributed by atoms with Crippen molar-refractivity contribution in [2.75, 3.05) is 20.1 Å². The Hall–Kier alpha value is -1.96. The normalized spacial score (nSPS) is 16.3. The van der Waals surface area contributed by atoms with Crippen LogP contribution in [0.25, 0.3) is 0 Å². The molecule has 3 amide bonds. The summed E-state index contributed by atoms with van der Waals surface area (Å²) in [6.07, 6.45) is 5.05. The first-order valence-electron chi connectivity index (χ1n) is 7.99. The van der Waals surface area contributed by atoms with Crippen molar-refractivity contribution >= 4 is 23.5 Å². The van der Waals surface area contributed by atoms with Crippen molar-refractivity contribution in [1.29, 1.82) is 0 Å². The summed E-state index contributed by atoms with van der Waals surface area (Å²) >= 11 is 0. The third kappa shape index (κ3) is 7.23. The molecule has 0 heterocycles. The molecular formula is C15H26N4O4. The van der Waals surface area contributed by atoms with Gasteiger partial charge in [0.15, 0.2) is 0 Å². The molecule has 1 unspecified atom stereocenters. The van der Waals surface area contributed by atoms with Crippen LogP contribution in [0, 0.1) is 0 Å². The molecule has 0 saturated heterocycles. The van der Waals surface area contributed by atoms with E-state index >= 15 is 0 Å². The van der Waals surface area contributed by atoms with Gasteiger partial charge in [-0.3, -0.25) is 19.2 Å². The molecule has 0 aromatic rings. The number of rotatable bonds is 8. The van der Waals surface area contributed by atoms with E-state index in [0.717, 1.165) is 32.1 Å². The fourth-order valence-corrected chi connectivity index (χ4v) is 2.43. The number of Topliss-reactive ketones (excluding diaryl/α,β-unsaturated/α-hetero) is 1. The van der Waals surface area contributed by atoms with E-state index in [-0.39, 0.29) is 25.0 Å². The highest BCUT2D eigenvalue weighted by Crippen LogP contribution is 2.17. The number of likely N-dealkylation sites (N-methyl/N-ethyl adjacent to an activating group) is 1. The van der Waals surface area contributed by atoms with Crippen molar-refractivity contribution in [3.8, 4) is 0 Å². The molecular weight excluding hydrogens is 300 g/mol. The largest absolute Gasteiger partial charge is 0.347 e. The summed E-state index contributed by atoms with van der Waals surface area (Å²) in [4.78, 5) is 46.6. The summed E-state index contributed by atoms with van der Waals surface area (Å²) in [5, 5.41) is 10.2. The molecule has 1 rings (SSSR count). The van der Waals surface area contributed by atoms with Gasteiger partial charge in [-0.1, -0.05) is 19.3 Å². The maximum atomic E-state index is 11.8. The lowest BCUT2D eigenvalue weighted by Gasteiger charge is -2.22. The van der Waals surface area contributed by atoms with E-state index in [2.05, 4.69) is 21.3 Å². The van der Waals surface area contributed by atoms with Gasteiger partial charge in [0.1, 0.15) is 6.04 Å². The summed E-state index contributed by atoms with van der Waals surface area (Å²) in [5.41, 5.74) is 0. The lowest BCUT2D eigenvalue weighted by molar-refractivity contribution is -0.138. The van der Waals surface area contributed by atoms with Crippen LogP contribution in [-0.4, -0.2) is 55.7 Å². The molecule has 0 aromatic carbocycles. The summed E-state index contributed by atoms with van der Waals surface area (Å²) in [5.74, 6) is -2.17. The highest BCUT2D eigenvalue weighted by atomic mass is 16.2. The molecule has 0 radical (unpaired) electrons. The standard InChI is InChI=1S/C15H26N4O4/c1-10(18-13(21)9-16-2)14(22)17-8-12(20)15(23)19-11-6-4-3-5-7-11/h10-11,16H,3-9H2,1-2H3,(H,17,22)(H,18,21)(H,19,23). The second kappa shape index (κ2) is 9.94. The highest BCUT2D eigenvalue weighted by molar-refractivity contribution is 6.37. The molecule has 1 aliphatic carbocycles. The van der Waals surface area contributed by atoms with E-state index in [1.807, 2.05) is 0 Å². The Morgan fingerprint density at radius 3 is 2.30 bits per heavy atom. The van der Waals surface area contributed by atoms with Crippen molar-refractivity contribution in [1.82, 2.24) is 21.3 Å². The fourth-order valence-electron chi connectivity index (χ4n) is 2.43. The van der Waals surface area contributed by atoms with E-state index in [9.17, 15) is 19.2 Å². The maximum Gasteiger partial charge on any atom is 0.289 e. The predicted octanol–water partition coefficient (Wildman–Crippen LogP) is -1.16. The lowest BCUT2D eigenvalue weighted by atomic mass is 9.95. The van der Waals surface area contributed by atoms with Crippen LogP contribution in [0.2, 0.25) is 0 Å². The van der Waals surface area contributed by atoms with Crippen LogP contribution in [0.1, 0.15) is 39.0 Å². The van der Waals surface area contributed by atoms with Crippen LogP contribution in [0.4, 0.5) is 0 Å². The van der Waals surface area contributed by atoms with Crippen LogP contribution in [0.15, 0.2) is 0 Å². The number of nitrogens with one attached hydrogen (secondary N) is 4. The van der Waals surface area contributed by atoms with Gasteiger partial charge in [-0.25, -0.2) is 0 Å². The van der Waals surface area contributed by atoms with Gasteiger partial charge in [-0.2, -0.15) is 0 Å². The van der Waals surface area contributed by atoms with Crippen LogP contribution < -0.4 is 21.3 Å². The van der Waals surface area contributed by atoms with Gasteiger partial charge >= 0.3 is 0 Å². The zero-order chi connectivity index (χ0) is 17.2. The molecule has 23 heavy (non-hydrogen) atoms. The summed E-state index contributed by atoms with van der Waals surface area (Å²) in [6.45, 7) is 1.24. The zero-order valence-corrected chi connectivity index (χ0v) is 13.7. The number of amides is 3. The van der Waals surface area contributed by atoms with Crippen molar-refractivity contribution in [2.24, 2.45) is 0 Å². The molecule has 8 nitrogen and oxygen atoms in total. The van der Waals surface area contributed by atoms with Crippen molar-refractivity contribution in [2.45, 2.75) is 51.1 Å². The molecule has 4 N–H and O–H groups in total. The number of carbonyl (C=O) groups excluding carboxylic acids is 4. The first-order chi connectivity index (χ1) is 10.9. The molecule has 0 aliphatic heterocycles. The monoisotopic (exact) mass is 326 g/mol. The summed E-state index contributed by atoms with van der Waals surface area (Å²) in [6, 6.07) is -0.722. The number of hydrogen-bond acceptors (Lipinski definition) is 5. The highest BCUT2D eigenvalue weighted by Gasteiger charge is 2.22. The van der Waals surface area contributed by atoms with Gasteiger partial charge in [0.2, 0.25) is 17.6 Å². The Morgan fingerprint density at radius 2 is 1.70 bits per heavy atom. The number of ketones is 1. The first kappa shape index (κ1) is 19.1. The Labute approximate surface area is 136 Å². The molecule has 1 fully saturated rings. The predicted molar refractivity (Wildman–Crippen MR) is 84.6 cm³/mol. The zero-order valence-electron chi connectivity index (χ0n) is 13.7. The van der Waals surface area contributed by atoms with E-state index in [1.54, 1.807) is 7.05 Å². The lowest BCUT2D eigenvalue weighted by Crippen LogP contribution is -2.49. The molecule has 1 atom stereocenters. The SMILES string of the molecule is CNCC(=O)NC(C)C(=O)NCC(=O)C(=O)NC1CCCCC1. The fraction of sp³-hybridized carbons (Fsp3) is 0.733. The topological polar surface area (TPSA) is 116 Å². The smallest absolute Gasteiger partial charge is 0.289 e. The number of hydrogen-bond donors (Lipinski definition) is 4. The van der Waals surface area contributed by atoms with Crippen molar-refractivity contribution in [3.05, 3.63) is 0 Å². The molecule has 0 bridgehead atoms. The van der Waals surface area contributed by atoms with E-state index in [4.69, 9.17) is 0 Å². The second-order valence-corrected chi connectivity index (χ2v) is 5.77. The van der Waals surface area contributed by atoms with Gasteiger partial charge in [-0.15, -0.1) is 0 Å². The quantitative estimate of drug-likeness (QED) is 0.420. The average molecular weight is 326 g/mol. The Balaban J connectivity index is 2.29. The minimum atomic E-state index is -0.773. The van der Waals surface area contributed by atoms with Crippen molar-refractivity contribution < 1.29 is 19.2 Å². The number of carbonyl (C=O) groups is 4. The van der Waals surface area contributed by atoms with Gasteiger partial charge in [0.25, 0.3) is 5.91 Å². The van der Waals surface area contributed by atoms with Crippen LogP contribution in [0.3, 0.4) is 0 Å². The molecule has 0 spiro atoms. The van der Waals surface area contributed by atoms with Crippen LogP contribution in [0.5, 0.6) is 0 Å². The molecule has 8 heteroatoms. The van der Waals surface area contributed by atoms with Gasteiger partial charge in [0.05, 0.1) is 13.1 Å². The third-order valence-corrected chi connectivity index (χ3v) is 3.72. The Kier molecular flexibility index (Phi) is 8.25. The molecule has 130 valence electrons. The summed E-state index contributed by atoms with van der Waals surface area (Å²) < 4.78 is 0. The molecule has 0 aromatic heterocycles. The third-order valence-electron chi connectivity index (χ3n) is 3.72. The molecule has 1 aliphatic rings. The van der Waals surface area contributed by atoms with E-state index in [0.29, 0.717) is 0 Å². The Bertz CT molecular complexity index is 447. The van der Waals surface area contributed by atoms with Gasteiger partial charge in [-0.05, 0) is 26.8 Å².